The van der Waals surface area contributed by atoms with E-state index in [1.54, 1.807) is 12.1 Å². The van der Waals surface area contributed by atoms with Gasteiger partial charge in [0.05, 0.1) is 11.5 Å². The summed E-state index contributed by atoms with van der Waals surface area (Å²) in [5, 5.41) is 0. The largest absolute Gasteiger partial charge is 0.493 e. The number of benzene rings is 1. The molecule has 0 bridgehead atoms. The summed E-state index contributed by atoms with van der Waals surface area (Å²) in [6, 6.07) is 6.01. The van der Waals surface area contributed by atoms with E-state index < -0.39 is 10.0 Å². The zero-order chi connectivity index (χ0) is 14.9. The number of sulfonamides is 1. The van der Waals surface area contributed by atoms with Gasteiger partial charge in [0, 0.05) is 30.4 Å². The number of nitrogens with two attached hydrogens (primary N) is 1. The highest BCUT2D eigenvalue weighted by molar-refractivity contribution is 7.92. The van der Waals surface area contributed by atoms with Gasteiger partial charge in [-0.25, -0.2) is 23.1 Å². The lowest BCUT2D eigenvalue weighted by Crippen LogP contribution is -2.22. The molecule has 0 aliphatic carbocycles. The third-order valence-corrected chi connectivity index (χ3v) is 4.49. The van der Waals surface area contributed by atoms with Crippen LogP contribution in [0.4, 0.5) is 5.95 Å². The van der Waals surface area contributed by atoms with Crippen LogP contribution in [0.25, 0.3) is 0 Å². The lowest BCUT2D eigenvalue weighted by molar-refractivity contribution is 0.268. The van der Waals surface area contributed by atoms with Gasteiger partial charge in [0.2, 0.25) is 5.95 Å². The van der Waals surface area contributed by atoms with Crippen LogP contribution >= 0.6 is 0 Å². The van der Waals surface area contributed by atoms with Crippen molar-refractivity contribution in [2.75, 3.05) is 11.3 Å². The van der Waals surface area contributed by atoms with Crippen molar-refractivity contribution < 1.29 is 13.2 Å². The number of ether oxygens (including phenoxy) is 1. The number of fused-ring (bicyclic) bond motifs is 1. The Kier molecular flexibility index (Phi) is 3.48. The maximum absolute atomic E-state index is 12.3. The number of hydrogen-bond acceptors (Lipinski definition) is 6. The normalized spacial score (nSPS) is 17.7. The first-order valence-electron chi connectivity index (χ1n) is 6.38. The maximum Gasteiger partial charge on any atom is 0.264 e. The molecule has 1 aliphatic heterocycles. The molecular formula is C13H14N4O3S. The molecule has 2 heterocycles. The fourth-order valence-electron chi connectivity index (χ4n) is 2.10. The number of hydrogen-bond donors (Lipinski definition) is 2. The summed E-state index contributed by atoms with van der Waals surface area (Å²) in [7, 11) is -3.76. The second-order valence-corrected chi connectivity index (χ2v) is 6.30. The number of nitrogens with zero attached hydrogens (tertiary/aromatic N) is 2. The molecule has 1 aliphatic rings. The van der Waals surface area contributed by atoms with Gasteiger partial charge in [-0.1, -0.05) is 0 Å². The number of anilines is 1. The fraction of sp³-hybridized carbons (Fsp3) is 0.231. The Labute approximate surface area is 122 Å². The molecule has 0 amide bonds. The highest BCUT2D eigenvalue weighted by Gasteiger charge is 2.22. The van der Waals surface area contributed by atoms with Crippen LogP contribution in [0.1, 0.15) is 18.0 Å². The highest BCUT2D eigenvalue weighted by Crippen LogP contribution is 2.32. The van der Waals surface area contributed by atoms with Crippen molar-refractivity contribution in [3.8, 4) is 5.75 Å². The molecule has 1 atom stereocenters. The summed E-state index contributed by atoms with van der Waals surface area (Å²) < 4.78 is 32.4. The Bertz CT molecular complexity index is 749. The van der Waals surface area contributed by atoms with E-state index in [0.29, 0.717) is 24.3 Å². The summed E-state index contributed by atoms with van der Waals surface area (Å²) in [4.78, 5) is 7.79. The summed E-state index contributed by atoms with van der Waals surface area (Å²) in [6.45, 7) is 0.538. The van der Waals surface area contributed by atoms with Gasteiger partial charge in [0.1, 0.15) is 5.75 Å². The quantitative estimate of drug-likeness (QED) is 0.878. The van der Waals surface area contributed by atoms with Gasteiger partial charge in [0.15, 0.2) is 0 Å². The standard InChI is InChI=1S/C13H14N4O3S/c14-11-4-7-20-12-3-2-9(8-10(11)12)21(18,19)17-13-15-5-1-6-16-13/h1-3,5-6,8,11H,4,7,14H2,(H,15,16,17). The van der Waals surface area contributed by atoms with Gasteiger partial charge in [-0.15, -0.1) is 0 Å². The first-order chi connectivity index (χ1) is 10.1. The van der Waals surface area contributed by atoms with Crippen LogP contribution in [0.15, 0.2) is 41.6 Å². The second-order valence-electron chi connectivity index (χ2n) is 4.62. The number of rotatable bonds is 3. The third kappa shape index (κ3) is 2.81. The van der Waals surface area contributed by atoms with Crippen LogP contribution in [0.2, 0.25) is 0 Å². The van der Waals surface area contributed by atoms with Gasteiger partial charge < -0.3 is 10.5 Å². The number of aromatic nitrogens is 2. The van der Waals surface area contributed by atoms with E-state index in [-0.39, 0.29) is 16.9 Å². The van der Waals surface area contributed by atoms with Crippen molar-refractivity contribution >= 4 is 16.0 Å². The summed E-state index contributed by atoms with van der Waals surface area (Å²) in [6.07, 6.45) is 3.58. The monoisotopic (exact) mass is 306 g/mol. The summed E-state index contributed by atoms with van der Waals surface area (Å²) >= 11 is 0. The lowest BCUT2D eigenvalue weighted by Gasteiger charge is -2.23. The van der Waals surface area contributed by atoms with Crippen molar-refractivity contribution in [3.05, 3.63) is 42.2 Å². The smallest absolute Gasteiger partial charge is 0.264 e. The highest BCUT2D eigenvalue weighted by atomic mass is 32.2. The van der Waals surface area contributed by atoms with E-state index in [2.05, 4.69) is 14.7 Å². The molecule has 0 fully saturated rings. The van der Waals surface area contributed by atoms with Crippen LogP contribution in [0.5, 0.6) is 5.75 Å². The Morgan fingerprint density at radius 2 is 2.05 bits per heavy atom. The lowest BCUT2D eigenvalue weighted by atomic mass is 10.0. The topological polar surface area (TPSA) is 107 Å². The predicted octanol–water partition coefficient (Wildman–Crippen LogP) is 1.06. The molecule has 1 unspecified atom stereocenters. The minimum atomic E-state index is -3.76. The summed E-state index contributed by atoms with van der Waals surface area (Å²) in [5.74, 6) is 0.652. The van der Waals surface area contributed by atoms with Gasteiger partial charge in [-0.3, -0.25) is 0 Å². The molecule has 21 heavy (non-hydrogen) atoms. The van der Waals surface area contributed by atoms with Crippen LogP contribution in [-0.2, 0) is 10.0 Å². The van der Waals surface area contributed by atoms with Crippen LogP contribution in [-0.4, -0.2) is 25.0 Å². The van der Waals surface area contributed by atoms with Gasteiger partial charge in [0.25, 0.3) is 10.0 Å². The molecule has 0 saturated heterocycles. The first-order valence-corrected chi connectivity index (χ1v) is 7.87. The zero-order valence-electron chi connectivity index (χ0n) is 11.1. The van der Waals surface area contributed by atoms with E-state index in [1.807, 2.05) is 0 Å². The van der Waals surface area contributed by atoms with E-state index in [1.165, 1.54) is 24.5 Å². The van der Waals surface area contributed by atoms with Crippen molar-refractivity contribution in [2.24, 2.45) is 5.73 Å². The van der Waals surface area contributed by atoms with Crippen LogP contribution in [0.3, 0.4) is 0 Å². The Balaban J connectivity index is 1.94. The van der Waals surface area contributed by atoms with Crippen LogP contribution in [0, 0.1) is 0 Å². The Morgan fingerprint density at radius 1 is 1.29 bits per heavy atom. The fourth-order valence-corrected chi connectivity index (χ4v) is 3.09. The van der Waals surface area contributed by atoms with E-state index >= 15 is 0 Å². The second kappa shape index (κ2) is 5.30. The zero-order valence-corrected chi connectivity index (χ0v) is 11.9. The molecule has 110 valence electrons. The van der Waals surface area contributed by atoms with E-state index in [4.69, 9.17) is 10.5 Å². The SMILES string of the molecule is NC1CCOc2ccc(S(=O)(=O)Nc3ncccn3)cc21. The molecule has 1 aromatic carbocycles. The van der Waals surface area contributed by atoms with Crippen molar-refractivity contribution in [1.29, 1.82) is 0 Å². The van der Waals surface area contributed by atoms with Gasteiger partial charge in [-0.2, -0.15) is 0 Å². The van der Waals surface area contributed by atoms with Crippen LogP contribution < -0.4 is 15.2 Å². The average Bonchev–Trinajstić information content (AvgIpc) is 2.48. The predicted molar refractivity (Wildman–Crippen MR) is 76.3 cm³/mol. The molecule has 0 radical (unpaired) electrons. The molecule has 1 aromatic heterocycles. The van der Waals surface area contributed by atoms with Crippen molar-refractivity contribution in [2.45, 2.75) is 17.4 Å². The van der Waals surface area contributed by atoms with Crippen molar-refractivity contribution in [3.63, 3.8) is 0 Å². The van der Waals surface area contributed by atoms with Crippen molar-refractivity contribution in [1.82, 2.24) is 9.97 Å². The van der Waals surface area contributed by atoms with E-state index in [0.717, 1.165) is 0 Å². The molecule has 0 saturated carbocycles. The van der Waals surface area contributed by atoms with Gasteiger partial charge >= 0.3 is 0 Å². The molecule has 3 rings (SSSR count). The Hall–Kier alpha value is -2.19. The van der Waals surface area contributed by atoms with E-state index in [9.17, 15) is 8.42 Å². The minimum Gasteiger partial charge on any atom is -0.493 e. The molecule has 3 N–H and O–H groups in total. The number of nitrogens with one attached hydrogen (secondary N) is 1. The summed E-state index contributed by atoms with van der Waals surface area (Å²) in [5.41, 5.74) is 6.68. The molecule has 7 nitrogen and oxygen atoms in total. The molecule has 8 heteroatoms. The molecule has 0 spiro atoms. The maximum atomic E-state index is 12.3. The Morgan fingerprint density at radius 3 is 2.81 bits per heavy atom. The molecule has 2 aromatic rings. The average molecular weight is 306 g/mol. The third-order valence-electron chi connectivity index (χ3n) is 3.17. The first kappa shape index (κ1) is 13.8. The van der Waals surface area contributed by atoms with Gasteiger partial charge in [-0.05, 0) is 24.3 Å². The molecular weight excluding hydrogens is 292 g/mol. The minimum absolute atomic E-state index is 0.0239.